The molecule has 0 radical (unpaired) electrons. The van der Waals surface area contributed by atoms with Crippen molar-refractivity contribution in [2.45, 2.75) is 39.5 Å². The standard InChI is InChI=1S/C15H26N2O2S/c1-7-17(10-11(2)3)20(18,19)15-12(4)8-14(16-6)9-13(15)5/h8-9,11,16H,7,10H2,1-6H3. The Labute approximate surface area is 123 Å². The monoisotopic (exact) mass is 298 g/mol. The Morgan fingerprint density at radius 1 is 1.20 bits per heavy atom. The molecule has 0 bridgehead atoms. The SMILES string of the molecule is CCN(CC(C)C)S(=O)(=O)c1c(C)cc(NC)cc1C. The minimum atomic E-state index is -3.43. The van der Waals surface area contributed by atoms with Crippen LogP contribution in [-0.2, 0) is 10.0 Å². The van der Waals surface area contributed by atoms with E-state index in [0.29, 0.717) is 23.9 Å². The summed E-state index contributed by atoms with van der Waals surface area (Å²) in [7, 11) is -1.59. The summed E-state index contributed by atoms with van der Waals surface area (Å²) in [6.45, 7) is 10.7. The van der Waals surface area contributed by atoms with E-state index in [0.717, 1.165) is 16.8 Å². The van der Waals surface area contributed by atoms with Crippen LogP contribution in [0, 0.1) is 19.8 Å². The Balaban J connectivity index is 3.34. The van der Waals surface area contributed by atoms with Gasteiger partial charge in [-0.05, 0) is 43.0 Å². The lowest BCUT2D eigenvalue weighted by molar-refractivity contribution is 0.380. The zero-order chi connectivity index (χ0) is 15.5. The van der Waals surface area contributed by atoms with Crippen LogP contribution in [-0.4, -0.2) is 32.9 Å². The smallest absolute Gasteiger partial charge is 0.243 e. The van der Waals surface area contributed by atoms with E-state index >= 15 is 0 Å². The zero-order valence-electron chi connectivity index (χ0n) is 13.3. The fourth-order valence-electron chi connectivity index (χ4n) is 2.44. The number of nitrogens with zero attached hydrogens (tertiary/aromatic N) is 1. The molecule has 0 aliphatic heterocycles. The van der Waals surface area contributed by atoms with Gasteiger partial charge in [-0.3, -0.25) is 0 Å². The fraction of sp³-hybridized carbons (Fsp3) is 0.600. The molecule has 1 rings (SSSR count). The third-order valence-electron chi connectivity index (χ3n) is 3.27. The van der Waals surface area contributed by atoms with E-state index in [1.165, 1.54) is 0 Å². The third-order valence-corrected chi connectivity index (χ3v) is 5.52. The lowest BCUT2D eigenvalue weighted by atomic mass is 10.1. The second-order valence-electron chi connectivity index (χ2n) is 5.54. The van der Waals surface area contributed by atoms with Crippen molar-refractivity contribution in [3.8, 4) is 0 Å². The predicted octanol–water partition coefficient (Wildman–Crippen LogP) is 3.01. The van der Waals surface area contributed by atoms with Crippen molar-refractivity contribution in [3.05, 3.63) is 23.3 Å². The first-order valence-electron chi connectivity index (χ1n) is 7.03. The Kier molecular flexibility index (Phi) is 5.59. The lowest BCUT2D eigenvalue weighted by Gasteiger charge is -2.24. The fourth-order valence-corrected chi connectivity index (χ4v) is 4.46. The van der Waals surface area contributed by atoms with Crippen LogP contribution in [0.5, 0.6) is 0 Å². The molecule has 1 aromatic carbocycles. The van der Waals surface area contributed by atoms with E-state index < -0.39 is 10.0 Å². The minimum absolute atomic E-state index is 0.307. The molecular weight excluding hydrogens is 272 g/mol. The molecular formula is C15H26N2O2S. The van der Waals surface area contributed by atoms with Gasteiger partial charge in [-0.2, -0.15) is 4.31 Å². The van der Waals surface area contributed by atoms with Gasteiger partial charge >= 0.3 is 0 Å². The minimum Gasteiger partial charge on any atom is -0.388 e. The molecule has 1 aromatic rings. The van der Waals surface area contributed by atoms with E-state index in [9.17, 15) is 8.42 Å². The van der Waals surface area contributed by atoms with Gasteiger partial charge in [-0.1, -0.05) is 20.8 Å². The van der Waals surface area contributed by atoms with E-state index in [-0.39, 0.29) is 0 Å². The summed E-state index contributed by atoms with van der Waals surface area (Å²) in [5.41, 5.74) is 2.51. The first-order valence-corrected chi connectivity index (χ1v) is 8.47. The predicted molar refractivity (Wildman–Crippen MR) is 84.7 cm³/mol. The molecule has 0 spiro atoms. The molecule has 4 nitrogen and oxygen atoms in total. The first-order chi connectivity index (χ1) is 9.23. The normalized spacial score (nSPS) is 12.2. The van der Waals surface area contributed by atoms with E-state index in [4.69, 9.17) is 0 Å². The van der Waals surface area contributed by atoms with Crippen molar-refractivity contribution in [2.75, 3.05) is 25.5 Å². The molecule has 0 aliphatic rings. The van der Waals surface area contributed by atoms with Crippen LogP contribution in [0.1, 0.15) is 31.9 Å². The number of benzene rings is 1. The molecule has 5 heteroatoms. The van der Waals surface area contributed by atoms with Crippen molar-refractivity contribution in [1.29, 1.82) is 0 Å². The maximum atomic E-state index is 12.8. The van der Waals surface area contributed by atoms with Gasteiger partial charge in [-0.25, -0.2) is 8.42 Å². The van der Waals surface area contributed by atoms with Crippen LogP contribution in [0.2, 0.25) is 0 Å². The van der Waals surface area contributed by atoms with Crippen LogP contribution < -0.4 is 5.32 Å². The number of anilines is 1. The molecule has 0 saturated carbocycles. The highest BCUT2D eigenvalue weighted by Crippen LogP contribution is 2.27. The topological polar surface area (TPSA) is 49.4 Å². The highest BCUT2D eigenvalue weighted by Gasteiger charge is 2.27. The average molecular weight is 298 g/mol. The summed E-state index contributed by atoms with van der Waals surface area (Å²) in [5, 5.41) is 3.05. The van der Waals surface area contributed by atoms with Gasteiger partial charge in [0.15, 0.2) is 0 Å². The molecule has 20 heavy (non-hydrogen) atoms. The van der Waals surface area contributed by atoms with Crippen LogP contribution >= 0.6 is 0 Å². The van der Waals surface area contributed by atoms with Crippen LogP contribution in [0.4, 0.5) is 5.69 Å². The maximum Gasteiger partial charge on any atom is 0.243 e. The number of nitrogens with one attached hydrogen (secondary N) is 1. The van der Waals surface area contributed by atoms with Gasteiger partial charge in [-0.15, -0.1) is 0 Å². The van der Waals surface area contributed by atoms with Crippen molar-refractivity contribution < 1.29 is 8.42 Å². The van der Waals surface area contributed by atoms with Crippen molar-refractivity contribution >= 4 is 15.7 Å². The van der Waals surface area contributed by atoms with Crippen LogP contribution in [0.25, 0.3) is 0 Å². The highest BCUT2D eigenvalue weighted by molar-refractivity contribution is 7.89. The number of sulfonamides is 1. The molecule has 0 saturated heterocycles. The molecule has 0 fully saturated rings. The lowest BCUT2D eigenvalue weighted by Crippen LogP contribution is -2.34. The molecule has 0 heterocycles. The molecule has 0 amide bonds. The summed E-state index contributed by atoms with van der Waals surface area (Å²) in [5.74, 6) is 0.307. The average Bonchev–Trinajstić information content (AvgIpc) is 2.34. The third kappa shape index (κ3) is 3.52. The van der Waals surface area contributed by atoms with E-state index in [1.54, 1.807) is 4.31 Å². The van der Waals surface area contributed by atoms with Crippen molar-refractivity contribution in [3.63, 3.8) is 0 Å². The highest BCUT2D eigenvalue weighted by atomic mass is 32.2. The second kappa shape index (κ2) is 6.59. The Hall–Kier alpha value is -1.07. The van der Waals surface area contributed by atoms with Crippen molar-refractivity contribution in [2.24, 2.45) is 5.92 Å². The maximum absolute atomic E-state index is 12.8. The molecule has 0 atom stereocenters. The summed E-state index contributed by atoms with van der Waals surface area (Å²) in [6, 6.07) is 3.76. The molecule has 0 unspecified atom stereocenters. The van der Waals surface area contributed by atoms with Gasteiger partial charge in [0.05, 0.1) is 4.90 Å². The summed E-state index contributed by atoms with van der Waals surface area (Å²) < 4.78 is 27.3. The molecule has 0 aliphatic carbocycles. The van der Waals surface area contributed by atoms with Crippen LogP contribution in [0.15, 0.2) is 17.0 Å². The van der Waals surface area contributed by atoms with E-state index in [2.05, 4.69) is 5.32 Å². The summed E-state index contributed by atoms with van der Waals surface area (Å²) in [6.07, 6.45) is 0. The number of hydrogen-bond acceptors (Lipinski definition) is 3. The Bertz CT molecular complexity index is 542. The Morgan fingerprint density at radius 3 is 2.05 bits per heavy atom. The van der Waals surface area contributed by atoms with E-state index in [1.807, 2.05) is 53.8 Å². The molecule has 1 N–H and O–H groups in total. The van der Waals surface area contributed by atoms with Crippen molar-refractivity contribution in [1.82, 2.24) is 4.31 Å². The van der Waals surface area contributed by atoms with Gasteiger partial charge in [0, 0.05) is 25.8 Å². The quantitative estimate of drug-likeness (QED) is 0.878. The second-order valence-corrected chi connectivity index (χ2v) is 7.41. The number of rotatable bonds is 6. The largest absolute Gasteiger partial charge is 0.388 e. The summed E-state index contributed by atoms with van der Waals surface area (Å²) >= 11 is 0. The summed E-state index contributed by atoms with van der Waals surface area (Å²) in [4.78, 5) is 0.444. The number of aryl methyl sites for hydroxylation is 2. The molecule has 0 aromatic heterocycles. The van der Waals surface area contributed by atoms with Gasteiger partial charge in [0.1, 0.15) is 0 Å². The van der Waals surface area contributed by atoms with Gasteiger partial charge in [0.2, 0.25) is 10.0 Å². The van der Waals surface area contributed by atoms with Gasteiger partial charge in [0.25, 0.3) is 0 Å². The number of hydrogen-bond donors (Lipinski definition) is 1. The first kappa shape index (κ1) is 17.0. The zero-order valence-corrected chi connectivity index (χ0v) is 14.1. The Morgan fingerprint density at radius 2 is 1.70 bits per heavy atom. The van der Waals surface area contributed by atoms with Gasteiger partial charge < -0.3 is 5.32 Å². The van der Waals surface area contributed by atoms with Crippen LogP contribution in [0.3, 0.4) is 0 Å². The molecule has 114 valence electrons.